The maximum absolute atomic E-state index is 12.5. The maximum atomic E-state index is 12.5. The Morgan fingerprint density at radius 3 is 2.78 bits per heavy atom. The van der Waals surface area contributed by atoms with Gasteiger partial charge in [-0.2, -0.15) is 5.26 Å². The van der Waals surface area contributed by atoms with Crippen LogP contribution < -0.4 is 5.32 Å². The quantitative estimate of drug-likeness (QED) is 0.700. The van der Waals surface area contributed by atoms with Gasteiger partial charge >= 0.3 is 0 Å². The monoisotopic (exact) mass is 399 g/mol. The third kappa shape index (κ3) is 5.24. The molecule has 0 fully saturated rings. The number of nitrogens with zero attached hydrogens (tertiary/aromatic N) is 2. The van der Waals surface area contributed by atoms with Crippen molar-refractivity contribution in [2.24, 2.45) is 0 Å². The number of nitriles is 1. The van der Waals surface area contributed by atoms with Crippen molar-refractivity contribution in [3.8, 4) is 6.07 Å². The molecule has 1 heterocycles. The van der Waals surface area contributed by atoms with Crippen LogP contribution in [0.1, 0.15) is 49.4 Å². The summed E-state index contributed by atoms with van der Waals surface area (Å²) in [6.07, 6.45) is 6.65. The van der Waals surface area contributed by atoms with E-state index in [2.05, 4.69) is 11.4 Å². The van der Waals surface area contributed by atoms with Crippen LogP contribution in [0.25, 0.3) is 0 Å². The third-order valence-electron chi connectivity index (χ3n) is 4.64. The molecule has 1 atom stereocenters. The number of halogens is 1. The molecule has 4 nitrogen and oxygen atoms in total. The molecule has 0 spiro atoms. The minimum absolute atomic E-state index is 0.139. The summed E-state index contributed by atoms with van der Waals surface area (Å²) < 4.78 is 0. The van der Waals surface area contributed by atoms with E-state index in [1.54, 1.807) is 24.3 Å². The zero-order chi connectivity index (χ0) is 19.2. The summed E-state index contributed by atoms with van der Waals surface area (Å²) in [5.74, 6) is -0.139. The Kier molecular flexibility index (Phi) is 6.76. The van der Waals surface area contributed by atoms with Gasteiger partial charge in [0.1, 0.15) is 11.1 Å². The Labute approximate surface area is 169 Å². The molecule has 1 unspecified atom stereocenters. The number of carbonyl (C=O) groups is 1. The van der Waals surface area contributed by atoms with Crippen molar-refractivity contribution >= 4 is 35.0 Å². The summed E-state index contributed by atoms with van der Waals surface area (Å²) in [5, 5.41) is 13.2. The first-order valence-electron chi connectivity index (χ1n) is 9.23. The fourth-order valence-corrected chi connectivity index (χ4v) is 4.25. The van der Waals surface area contributed by atoms with Gasteiger partial charge in [-0.3, -0.25) is 4.79 Å². The molecule has 3 rings (SSSR count). The molecule has 1 aliphatic rings. The van der Waals surface area contributed by atoms with Crippen molar-refractivity contribution in [3.05, 3.63) is 52.2 Å². The molecule has 140 valence electrons. The van der Waals surface area contributed by atoms with Crippen molar-refractivity contribution < 1.29 is 4.79 Å². The number of nitrogens with one attached hydrogen (secondary N) is 1. The molecule has 1 aromatic carbocycles. The first-order valence-corrected chi connectivity index (χ1v) is 10.5. The van der Waals surface area contributed by atoms with Crippen LogP contribution in [0, 0.1) is 11.3 Å². The van der Waals surface area contributed by atoms with Crippen LogP contribution in [0.4, 0.5) is 5.69 Å². The Balaban J connectivity index is 1.76. The number of hydrogen-bond acceptors (Lipinski definition) is 4. The fraction of sp³-hybridized carbons (Fsp3) is 0.381. The van der Waals surface area contributed by atoms with Crippen LogP contribution in [0.3, 0.4) is 0 Å². The number of aromatic nitrogens is 1. The van der Waals surface area contributed by atoms with Crippen molar-refractivity contribution in [2.75, 3.05) is 5.32 Å². The van der Waals surface area contributed by atoms with Crippen molar-refractivity contribution in [3.63, 3.8) is 0 Å². The Morgan fingerprint density at radius 2 is 2.04 bits per heavy atom. The number of hydrogen-bond donors (Lipinski definition) is 1. The van der Waals surface area contributed by atoms with Gasteiger partial charge in [0.25, 0.3) is 0 Å². The van der Waals surface area contributed by atoms with Crippen LogP contribution in [0.15, 0.2) is 35.4 Å². The van der Waals surface area contributed by atoms with Gasteiger partial charge in [-0.05, 0) is 62.4 Å². The second-order valence-corrected chi connectivity index (χ2v) is 8.50. The lowest BCUT2D eigenvalue weighted by Crippen LogP contribution is -2.22. The Morgan fingerprint density at radius 1 is 1.26 bits per heavy atom. The highest BCUT2D eigenvalue weighted by atomic mass is 35.5. The highest BCUT2D eigenvalue weighted by molar-refractivity contribution is 8.00. The molecule has 0 aliphatic heterocycles. The molecule has 1 aromatic heterocycles. The number of rotatable bonds is 4. The summed E-state index contributed by atoms with van der Waals surface area (Å²) in [7, 11) is 0. The number of fused-ring (bicyclic) bond motifs is 1. The molecule has 0 bridgehead atoms. The fourth-order valence-electron chi connectivity index (χ4n) is 3.17. The lowest BCUT2D eigenvalue weighted by Gasteiger charge is -2.17. The van der Waals surface area contributed by atoms with E-state index in [9.17, 15) is 10.1 Å². The van der Waals surface area contributed by atoms with E-state index < -0.39 is 0 Å². The molecule has 1 amide bonds. The van der Waals surface area contributed by atoms with Gasteiger partial charge in [-0.15, -0.1) is 0 Å². The lowest BCUT2D eigenvalue weighted by atomic mass is 9.96. The highest BCUT2D eigenvalue weighted by Gasteiger charge is 2.20. The predicted molar refractivity (Wildman–Crippen MR) is 110 cm³/mol. The average Bonchev–Trinajstić information content (AvgIpc) is 2.62. The van der Waals surface area contributed by atoms with E-state index in [0.29, 0.717) is 21.3 Å². The number of aryl methyl sites for hydroxylation is 2. The van der Waals surface area contributed by atoms with E-state index in [-0.39, 0.29) is 11.2 Å². The molecule has 6 heteroatoms. The molecular weight excluding hydrogens is 378 g/mol. The maximum Gasteiger partial charge on any atom is 0.237 e. The number of anilines is 1. The molecule has 1 N–H and O–H groups in total. The van der Waals surface area contributed by atoms with E-state index in [1.165, 1.54) is 30.2 Å². The van der Waals surface area contributed by atoms with Gasteiger partial charge in [0.2, 0.25) is 5.91 Å². The minimum Gasteiger partial charge on any atom is -0.325 e. The summed E-state index contributed by atoms with van der Waals surface area (Å²) >= 11 is 7.30. The topological polar surface area (TPSA) is 65.8 Å². The van der Waals surface area contributed by atoms with E-state index in [0.717, 1.165) is 31.4 Å². The lowest BCUT2D eigenvalue weighted by molar-refractivity contribution is -0.115. The number of amides is 1. The molecule has 1 aliphatic carbocycles. The van der Waals surface area contributed by atoms with Gasteiger partial charge in [0.15, 0.2) is 0 Å². The molecule has 2 aromatic rings. The van der Waals surface area contributed by atoms with Crippen LogP contribution >= 0.6 is 23.4 Å². The first kappa shape index (κ1) is 19.7. The largest absolute Gasteiger partial charge is 0.325 e. The summed E-state index contributed by atoms with van der Waals surface area (Å²) in [6.45, 7) is 1.82. The summed E-state index contributed by atoms with van der Waals surface area (Å²) in [5.41, 5.74) is 3.48. The SMILES string of the molecule is CC(Sc1nc2c(cc1C#N)CCCCCC2)C(=O)Nc1cccc(Cl)c1. The first-order chi connectivity index (χ1) is 13.1. The van der Waals surface area contributed by atoms with Crippen molar-refractivity contribution in [1.29, 1.82) is 5.26 Å². The highest BCUT2D eigenvalue weighted by Crippen LogP contribution is 2.29. The van der Waals surface area contributed by atoms with Crippen LogP contribution in [-0.2, 0) is 17.6 Å². The predicted octanol–water partition coefficient (Wildman–Crippen LogP) is 5.38. The number of pyridine rings is 1. The van der Waals surface area contributed by atoms with Crippen molar-refractivity contribution in [2.45, 2.75) is 55.7 Å². The van der Waals surface area contributed by atoms with Gasteiger partial charge in [-0.25, -0.2) is 4.98 Å². The second-order valence-electron chi connectivity index (χ2n) is 6.73. The zero-order valence-corrected chi connectivity index (χ0v) is 16.9. The molecular formula is C21H22ClN3OS. The Hall–Kier alpha value is -2.03. The van der Waals surface area contributed by atoms with E-state index in [4.69, 9.17) is 16.6 Å². The van der Waals surface area contributed by atoms with Crippen LogP contribution in [0.5, 0.6) is 0 Å². The molecule has 27 heavy (non-hydrogen) atoms. The van der Waals surface area contributed by atoms with Crippen LogP contribution in [-0.4, -0.2) is 16.1 Å². The van der Waals surface area contributed by atoms with Gasteiger partial charge in [0, 0.05) is 16.4 Å². The average molecular weight is 400 g/mol. The molecule has 0 saturated carbocycles. The normalized spacial score (nSPS) is 15.0. The molecule has 0 radical (unpaired) electrons. The number of carbonyl (C=O) groups excluding carboxylic acids is 1. The third-order valence-corrected chi connectivity index (χ3v) is 5.97. The van der Waals surface area contributed by atoms with Gasteiger partial charge < -0.3 is 5.32 Å². The molecule has 0 saturated heterocycles. The smallest absolute Gasteiger partial charge is 0.237 e. The summed E-state index contributed by atoms with van der Waals surface area (Å²) in [6, 6.07) is 11.3. The van der Waals surface area contributed by atoms with Crippen LogP contribution in [0.2, 0.25) is 5.02 Å². The number of benzene rings is 1. The summed E-state index contributed by atoms with van der Waals surface area (Å²) in [4.78, 5) is 17.3. The van der Waals surface area contributed by atoms with Gasteiger partial charge in [-0.1, -0.05) is 42.3 Å². The van der Waals surface area contributed by atoms with E-state index in [1.807, 2.05) is 13.0 Å². The number of thioether (sulfide) groups is 1. The second kappa shape index (κ2) is 9.25. The minimum atomic E-state index is -0.379. The van der Waals surface area contributed by atoms with Gasteiger partial charge in [0.05, 0.1) is 10.8 Å². The standard InChI is InChI=1S/C21H22ClN3OS/c1-14(20(26)24-18-9-6-8-17(22)12-18)27-21-16(13-23)11-15-7-4-2-3-5-10-19(15)25-21/h6,8-9,11-12,14H,2-5,7,10H2,1H3,(H,24,26). The van der Waals surface area contributed by atoms with E-state index >= 15 is 0 Å². The van der Waals surface area contributed by atoms with Crippen molar-refractivity contribution in [1.82, 2.24) is 4.98 Å². The zero-order valence-electron chi connectivity index (χ0n) is 15.3. The Bertz CT molecular complexity index is 878.